The van der Waals surface area contributed by atoms with Crippen LogP contribution in [0.15, 0.2) is 40.8 Å². The van der Waals surface area contributed by atoms with Crippen molar-refractivity contribution in [3.8, 4) is 0 Å². The molecule has 3 aromatic heterocycles. The maximum absolute atomic E-state index is 11.9. The number of hydrogen-bond acceptors (Lipinski definition) is 4. The second kappa shape index (κ2) is 3.57. The molecule has 0 saturated heterocycles. The Kier molecular flexibility index (Phi) is 2.07. The molecule has 0 unspecified atom stereocenters. The highest BCUT2D eigenvalue weighted by atomic mass is 32.1. The van der Waals surface area contributed by atoms with Crippen molar-refractivity contribution in [1.82, 2.24) is 19.2 Å². The molecule has 16 heavy (non-hydrogen) atoms. The number of nitrogens with zero attached hydrogens (tertiary/aromatic N) is 4. The van der Waals surface area contributed by atoms with E-state index in [4.69, 9.17) is 0 Å². The van der Waals surface area contributed by atoms with Crippen molar-refractivity contribution in [1.29, 1.82) is 0 Å². The summed E-state index contributed by atoms with van der Waals surface area (Å²) in [6.07, 6.45) is 3.43. The van der Waals surface area contributed by atoms with Crippen LogP contribution >= 0.6 is 11.3 Å². The molecule has 6 heteroatoms. The molecule has 0 amide bonds. The minimum absolute atomic E-state index is 0.134. The fraction of sp³-hybridized carbons (Fsp3) is 0.100. The van der Waals surface area contributed by atoms with E-state index in [1.807, 2.05) is 17.5 Å². The third-order valence-corrected chi connectivity index (χ3v) is 3.02. The van der Waals surface area contributed by atoms with Crippen molar-refractivity contribution in [3.63, 3.8) is 0 Å². The Labute approximate surface area is 94.6 Å². The van der Waals surface area contributed by atoms with E-state index in [-0.39, 0.29) is 5.69 Å². The topological polar surface area (TPSA) is 52.2 Å². The van der Waals surface area contributed by atoms with Crippen LogP contribution in [0.2, 0.25) is 0 Å². The molecule has 0 aliphatic rings. The van der Waals surface area contributed by atoms with Crippen LogP contribution in [0.5, 0.6) is 0 Å². The molecule has 0 aromatic carbocycles. The molecule has 3 aromatic rings. The number of thiazole rings is 1. The van der Waals surface area contributed by atoms with Crippen LogP contribution in [-0.2, 0) is 6.54 Å². The minimum Gasteiger partial charge on any atom is -0.250 e. The standard InChI is InChI=1S/C10H8N4OS/c15-10-13-5-2-1-3-8(13)12-14(10)7-9-11-4-6-16-9/h1-6H,7H2. The highest BCUT2D eigenvalue weighted by Gasteiger charge is 2.07. The van der Waals surface area contributed by atoms with Gasteiger partial charge in [0.1, 0.15) is 5.01 Å². The number of aromatic nitrogens is 4. The number of rotatable bonds is 2. The van der Waals surface area contributed by atoms with E-state index in [2.05, 4.69) is 10.1 Å². The molecule has 0 fully saturated rings. The van der Waals surface area contributed by atoms with Crippen LogP contribution in [0, 0.1) is 0 Å². The van der Waals surface area contributed by atoms with Gasteiger partial charge in [0, 0.05) is 17.8 Å². The Morgan fingerprint density at radius 2 is 2.31 bits per heavy atom. The van der Waals surface area contributed by atoms with Gasteiger partial charge >= 0.3 is 5.69 Å². The van der Waals surface area contributed by atoms with Gasteiger partial charge in [0.05, 0.1) is 6.54 Å². The van der Waals surface area contributed by atoms with E-state index >= 15 is 0 Å². The fourth-order valence-corrected chi connectivity index (χ4v) is 2.13. The molecule has 0 aliphatic carbocycles. The van der Waals surface area contributed by atoms with Crippen LogP contribution in [0.4, 0.5) is 0 Å². The summed E-state index contributed by atoms with van der Waals surface area (Å²) in [6.45, 7) is 0.429. The molecule has 0 aliphatic heterocycles. The lowest BCUT2D eigenvalue weighted by Gasteiger charge is -1.92. The van der Waals surface area contributed by atoms with Gasteiger partial charge in [-0.1, -0.05) is 6.07 Å². The SMILES string of the molecule is O=c1n(Cc2nccs2)nc2ccccn12. The van der Waals surface area contributed by atoms with Gasteiger partial charge in [-0.05, 0) is 12.1 Å². The first-order chi connectivity index (χ1) is 7.84. The zero-order valence-electron chi connectivity index (χ0n) is 8.28. The third kappa shape index (κ3) is 1.43. The van der Waals surface area contributed by atoms with Gasteiger partial charge in [0.25, 0.3) is 0 Å². The average Bonchev–Trinajstić information content (AvgIpc) is 2.90. The van der Waals surface area contributed by atoms with E-state index in [0.29, 0.717) is 12.2 Å². The smallest absolute Gasteiger partial charge is 0.250 e. The molecular formula is C10H8N4OS. The van der Waals surface area contributed by atoms with Crippen LogP contribution in [0.25, 0.3) is 5.65 Å². The van der Waals surface area contributed by atoms with Crippen molar-refractivity contribution < 1.29 is 0 Å². The Morgan fingerprint density at radius 3 is 3.06 bits per heavy atom. The molecule has 5 nitrogen and oxygen atoms in total. The van der Waals surface area contributed by atoms with Crippen molar-refractivity contribution in [2.24, 2.45) is 0 Å². The monoisotopic (exact) mass is 232 g/mol. The van der Waals surface area contributed by atoms with Crippen molar-refractivity contribution in [3.05, 3.63) is 51.5 Å². The Hall–Kier alpha value is -1.95. The Balaban J connectivity index is 2.11. The Bertz CT molecular complexity index is 668. The van der Waals surface area contributed by atoms with Gasteiger partial charge in [-0.15, -0.1) is 16.4 Å². The predicted molar refractivity (Wildman–Crippen MR) is 60.7 cm³/mol. The molecule has 0 bridgehead atoms. The van der Waals surface area contributed by atoms with E-state index in [1.54, 1.807) is 18.5 Å². The molecule has 0 radical (unpaired) electrons. The van der Waals surface area contributed by atoms with Gasteiger partial charge in [-0.3, -0.25) is 4.40 Å². The lowest BCUT2D eigenvalue weighted by molar-refractivity contribution is 0.656. The summed E-state index contributed by atoms with van der Waals surface area (Å²) in [5, 5.41) is 6.99. The van der Waals surface area contributed by atoms with Crippen LogP contribution in [-0.4, -0.2) is 19.2 Å². The van der Waals surface area contributed by atoms with Gasteiger partial charge < -0.3 is 0 Å². The summed E-state index contributed by atoms with van der Waals surface area (Å²) >= 11 is 1.52. The van der Waals surface area contributed by atoms with E-state index in [0.717, 1.165) is 5.01 Å². The molecule has 3 rings (SSSR count). The largest absolute Gasteiger partial charge is 0.350 e. The second-order valence-electron chi connectivity index (χ2n) is 3.29. The van der Waals surface area contributed by atoms with E-state index in [1.165, 1.54) is 20.4 Å². The van der Waals surface area contributed by atoms with Crippen molar-refractivity contribution in [2.75, 3.05) is 0 Å². The number of fused-ring (bicyclic) bond motifs is 1. The number of pyridine rings is 1. The normalized spacial score (nSPS) is 11.0. The predicted octanol–water partition coefficient (Wildman–Crippen LogP) is 1.00. The van der Waals surface area contributed by atoms with Gasteiger partial charge in [0.15, 0.2) is 5.65 Å². The highest BCUT2D eigenvalue weighted by molar-refractivity contribution is 7.09. The molecule has 0 spiro atoms. The summed E-state index contributed by atoms with van der Waals surface area (Å²) in [7, 11) is 0. The molecule has 0 N–H and O–H groups in total. The fourth-order valence-electron chi connectivity index (χ4n) is 1.53. The first-order valence-corrected chi connectivity index (χ1v) is 5.65. The molecular weight excluding hydrogens is 224 g/mol. The third-order valence-electron chi connectivity index (χ3n) is 2.26. The number of hydrogen-bond donors (Lipinski definition) is 0. The molecule has 3 heterocycles. The summed E-state index contributed by atoms with van der Waals surface area (Å²) < 4.78 is 2.95. The van der Waals surface area contributed by atoms with Gasteiger partial charge in [0.2, 0.25) is 0 Å². The molecule has 80 valence electrons. The summed E-state index contributed by atoms with van der Waals surface area (Å²) in [5.74, 6) is 0. The first kappa shape index (κ1) is 9.29. The van der Waals surface area contributed by atoms with Gasteiger partial charge in [-0.2, -0.15) is 0 Å². The lowest BCUT2D eigenvalue weighted by Crippen LogP contribution is -2.21. The van der Waals surface area contributed by atoms with Crippen molar-refractivity contribution >= 4 is 17.0 Å². The molecule has 0 atom stereocenters. The quantitative estimate of drug-likeness (QED) is 0.662. The van der Waals surface area contributed by atoms with E-state index in [9.17, 15) is 4.79 Å². The van der Waals surface area contributed by atoms with Gasteiger partial charge in [-0.25, -0.2) is 14.5 Å². The van der Waals surface area contributed by atoms with E-state index < -0.39 is 0 Å². The van der Waals surface area contributed by atoms with Crippen LogP contribution in [0.3, 0.4) is 0 Å². The molecule has 0 saturated carbocycles. The zero-order chi connectivity index (χ0) is 11.0. The van der Waals surface area contributed by atoms with Crippen molar-refractivity contribution in [2.45, 2.75) is 6.54 Å². The average molecular weight is 232 g/mol. The maximum Gasteiger partial charge on any atom is 0.350 e. The second-order valence-corrected chi connectivity index (χ2v) is 4.27. The highest BCUT2D eigenvalue weighted by Crippen LogP contribution is 2.05. The summed E-state index contributed by atoms with van der Waals surface area (Å²) in [6, 6.07) is 5.47. The first-order valence-electron chi connectivity index (χ1n) is 4.77. The van der Waals surface area contributed by atoms with Crippen LogP contribution in [0.1, 0.15) is 5.01 Å². The maximum atomic E-state index is 11.9. The van der Waals surface area contributed by atoms with Crippen LogP contribution < -0.4 is 5.69 Å². The Morgan fingerprint density at radius 1 is 1.38 bits per heavy atom. The zero-order valence-corrected chi connectivity index (χ0v) is 9.09. The summed E-state index contributed by atoms with van der Waals surface area (Å²) in [4.78, 5) is 16.0. The summed E-state index contributed by atoms with van der Waals surface area (Å²) in [5.41, 5.74) is 0.523. The lowest BCUT2D eigenvalue weighted by atomic mass is 10.5. The minimum atomic E-state index is -0.134.